The lowest BCUT2D eigenvalue weighted by Gasteiger charge is -2.09. The van der Waals surface area contributed by atoms with Crippen LogP contribution < -0.4 is 15.4 Å². The smallest absolute Gasteiger partial charge is 0.233 e. The van der Waals surface area contributed by atoms with Gasteiger partial charge < -0.3 is 15.4 Å². The molecular weight excluding hydrogens is 388 g/mol. The molecule has 26 heavy (non-hydrogen) atoms. The van der Waals surface area contributed by atoms with Crippen molar-refractivity contribution in [3.05, 3.63) is 46.7 Å². The van der Waals surface area contributed by atoms with E-state index in [9.17, 15) is 4.79 Å². The van der Waals surface area contributed by atoms with Gasteiger partial charge in [0.15, 0.2) is 4.34 Å². The Labute approximate surface area is 164 Å². The molecule has 2 heterocycles. The summed E-state index contributed by atoms with van der Waals surface area (Å²) in [4.78, 5) is 13.3. The van der Waals surface area contributed by atoms with Crippen LogP contribution in [0, 0.1) is 0 Å². The molecule has 136 valence electrons. The van der Waals surface area contributed by atoms with Crippen LogP contribution in [-0.2, 0) is 11.3 Å². The fraction of sp³-hybridized carbons (Fsp3) is 0.235. The lowest BCUT2D eigenvalue weighted by Crippen LogP contribution is -2.30. The van der Waals surface area contributed by atoms with Crippen molar-refractivity contribution < 1.29 is 9.53 Å². The molecule has 0 aliphatic heterocycles. The lowest BCUT2D eigenvalue weighted by molar-refractivity contribution is -0.120. The van der Waals surface area contributed by atoms with Gasteiger partial charge in [-0.1, -0.05) is 29.2 Å². The van der Waals surface area contributed by atoms with E-state index in [-0.39, 0.29) is 11.2 Å². The molecule has 0 saturated heterocycles. The highest BCUT2D eigenvalue weighted by molar-refractivity contribution is 8.02. The third-order valence-corrected chi connectivity index (χ3v) is 6.31. The zero-order chi connectivity index (χ0) is 18.4. The number of hydrogen-bond donors (Lipinski definition) is 2. The average molecular weight is 407 g/mol. The van der Waals surface area contributed by atoms with Gasteiger partial charge in [-0.05, 0) is 42.6 Å². The number of nitrogens with zero attached hydrogens (tertiary/aromatic N) is 2. The van der Waals surface area contributed by atoms with Crippen molar-refractivity contribution in [1.82, 2.24) is 15.5 Å². The van der Waals surface area contributed by atoms with E-state index in [1.807, 2.05) is 48.7 Å². The van der Waals surface area contributed by atoms with Gasteiger partial charge in [0, 0.05) is 10.6 Å². The van der Waals surface area contributed by atoms with Crippen molar-refractivity contribution in [2.45, 2.75) is 23.1 Å². The first-order valence-electron chi connectivity index (χ1n) is 7.85. The Hall–Kier alpha value is -2.10. The van der Waals surface area contributed by atoms with E-state index < -0.39 is 0 Å². The number of methoxy groups -OCH3 is 1. The van der Waals surface area contributed by atoms with Crippen LogP contribution >= 0.6 is 34.4 Å². The van der Waals surface area contributed by atoms with E-state index in [0.29, 0.717) is 11.7 Å². The Morgan fingerprint density at radius 3 is 2.77 bits per heavy atom. The fourth-order valence-electron chi connectivity index (χ4n) is 2.04. The first-order chi connectivity index (χ1) is 12.6. The summed E-state index contributed by atoms with van der Waals surface area (Å²) >= 11 is 4.45. The predicted molar refractivity (Wildman–Crippen MR) is 108 cm³/mol. The molecule has 2 aromatic heterocycles. The summed E-state index contributed by atoms with van der Waals surface area (Å²) in [6.45, 7) is 2.42. The van der Waals surface area contributed by atoms with Crippen LogP contribution in [0.1, 0.15) is 11.8 Å². The highest BCUT2D eigenvalue weighted by atomic mass is 32.2. The topological polar surface area (TPSA) is 76.1 Å². The number of carbonyl (C=O) groups excluding carboxylic acids is 1. The SMILES string of the molecule is COc1ccc(Nc2nnc(S[C@@H](C)C(=O)NCc3cccs3)s2)cc1. The second-order valence-electron chi connectivity index (χ2n) is 5.28. The minimum atomic E-state index is -0.239. The first kappa shape index (κ1) is 18.7. The van der Waals surface area contributed by atoms with Gasteiger partial charge in [-0.3, -0.25) is 4.79 Å². The van der Waals surface area contributed by atoms with Gasteiger partial charge in [0.1, 0.15) is 5.75 Å². The largest absolute Gasteiger partial charge is 0.497 e. The van der Waals surface area contributed by atoms with Crippen LogP contribution in [0.15, 0.2) is 46.1 Å². The summed E-state index contributed by atoms with van der Waals surface area (Å²) in [6, 6.07) is 11.5. The maximum Gasteiger partial charge on any atom is 0.233 e. The van der Waals surface area contributed by atoms with Crippen molar-refractivity contribution in [1.29, 1.82) is 0 Å². The van der Waals surface area contributed by atoms with Gasteiger partial charge in [-0.15, -0.1) is 21.5 Å². The van der Waals surface area contributed by atoms with Crippen molar-refractivity contribution in [3.8, 4) is 5.75 Å². The molecule has 6 nitrogen and oxygen atoms in total. The number of aromatic nitrogens is 2. The highest BCUT2D eigenvalue weighted by Gasteiger charge is 2.17. The van der Waals surface area contributed by atoms with Crippen LogP contribution in [-0.4, -0.2) is 28.5 Å². The maximum atomic E-state index is 12.2. The van der Waals surface area contributed by atoms with Gasteiger partial charge >= 0.3 is 0 Å². The molecule has 1 atom stereocenters. The predicted octanol–water partition coefficient (Wildman–Crippen LogP) is 4.15. The normalized spacial score (nSPS) is 11.8. The molecule has 0 aliphatic carbocycles. The van der Waals surface area contributed by atoms with Gasteiger partial charge in [0.2, 0.25) is 11.0 Å². The summed E-state index contributed by atoms with van der Waals surface area (Å²) in [7, 11) is 1.63. The van der Waals surface area contributed by atoms with E-state index in [2.05, 4.69) is 20.8 Å². The molecular formula is C17H18N4O2S3. The number of thiophene rings is 1. The summed E-state index contributed by atoms with van der Waals surface area (Å²) < 4.78 is 5.89. The van der Waals surface area contributed by atoms with E-state index in [4.69, 9.17) is 4.74 Å². The second kappa shape index (κ2) is 9.02. The number of hydrogen-bond acceptors (Lipinski definition) is 8. The Morgan fingerprint density at radius 1 is 1.27 bits per heavy atom. The van der Waals surface area contributed by atoms with Gasteiger partial charge in [-0.25, -0.2) is 0 Å². The van der Waals surface area contributed by atoms with E-state index in [1.54, 1.807) is 18.4 Å². The molecule has 2 N–H and O–H groups in total. The number of rotatable bonds is 8. The summed E-state index contributed by atoms with van der Waals surface area (Å²) in [5, 5.41) is 16.9. The number of thioether (sulfide) groups is 1. The number of amides is 1. The standard InChI is InChI=1S/C17H18N4O2S3/c1-11(15(22)18-10-14-4-3-9-24-14)25-17-21-20-16(26-17)19-12-5-7-13(23-2)8-6-12/h3-9,11H,10H2,1-2H3,(H,18,22)(H,19,20)/t11-/m0/s1. The second-order valence-corrected chi connectivity index (χ2v) is 8.88. The summed E-state index contributed by atoms with van der Waals surface area (Å²) in [6.07, 6.45) is 0. The molecule has 0 aliphatic rings. The zero-order valence-corrected chi connectivity index (χ0v) is 16.7. The third-order valence-electron chi connectivity index (χ3n) is 3.41. The quantitative estimate of drug-likeness (QED) is 0.547. The first-order valence-corrected chi connectivity index (χ1v) is 10.4. The van der Waals surface area contributed by atoms with Crippen LogP contribution in [0.25, 0.3) is 0 Å². The lowest BCUT2D eigenvalue weighted by atomic mass is 10.3. The van der Waals surface area contributed by atoms with E-state index in [0.717, 1.165) is 20.7 Å². The van der Waals surface area contributed by atoms with Crippen molar-refractivity contribution in [2.24, 2.45) is 0 Å². The molecule has 9 heteroatoms. The minimum Gasteiger partial charge on any atom is -0.497 e. The number of carbonyl (C=O) groups is 1. The van der Waals surface area contributed by atoms with Crippen LogP contribution in [0.3, 0.4) is 0 Å². The molecule has 3 aromatic rings. The van der Waals surface area contributed by atoms with E-state index in [1.165, 1.54) is 23.1 Å². The molecule has 0 radical (unpaired) electrons. The molecule has 1 aromatic carbocycles. The molecule has 0 unspecified atom stereocenters. The van der Waals surface area contributed by atoms with Crippen molar-refractivity contribution in [2.75, 3.05) is 12.4 Å². The molecule has 3 rings (SSSR count). The van der Waals surface area contributed by atoms with Crippen molar-refractivity contribution >= 4 is 51.2 Å². The zero-order valence-electron chi connectivity index (χ0n) is 14.3. The summed E-state index contributed by atoms with van der Waals surface area (Å²) in [5.74, 6) is 0.787. The number of nitrogens with one attached hydrogen (secondary N) is 2. The number of ether oxygens (including phenoxy) is 1. The van der Waals surface area contributed by atoms with Gasteiger partial charge in [0.05, 0.1) is 18.9 Å². The van der Waals surface area contributed by atoms with Crippen LogP contribution in [0.4, 0.5) is 10.8 Å². The molecule has 1 amide bonds. The molecule has 0 spiro atoms. The Balaban J connectivity index is 1.51. The molecule has 0 saturated carbocycles. The van der Waals surface area contributed by atoms with Crippen LogP contribution in [0.2, 0.25) is 0 Å². The third kappa shape index (κ3) is 5.20. The van der Waals surface area contributed by atoms with Gasteiger partial charge in [-0.2, -0.15) is 0 Å². The Bertz CT molecular complexity index is 834. The monoisotopic (exact) mass is 406 g/mol. The minimum absolute atomic E-state index is 0.0109. The number of anilines is 2. The fourth-order valence-corrected chi connectivity index (χ4v) is 4.63. The van der Waals surface area contributed by atoms with Crippen LogP contribution in [0.5, 0.6) is 5.75 Å². The van der Waals surface area contributed by atoms with E-state index >= 15 is 0 Å². The summed E-state index contributed by atoms with van der Waals surface area (Å²) in [5.41, 5.74) is 0.903. The van der Waals surface area contributed by atoms with Crippen molar-refractivity contribution in [3.63, 3.8) is 0 Å². The molecule has 0 bridgehead atoms. The van der Waals surface area contributed by atoms with Gasteiger partial charge in [0.25, 0.3) is 0 Å². The Kier molecular flexibility index (Phi) is 6.48. The maximum absolute atomic E-state index is 12.2. The average Bonchev–Trinajstić information content (AvgIpc) is 3.32. The Morgan fingerprint density at radius 2 is 2.08 bits per heavy atom. The molecule has 0 fully saturated rings. The number of benzene rings is 1. The highest BCUT2D eigenvalue weighted by Crippen LogP contribution is 2.30.